The van der Waals surface area contributed by atoms with Crippen LogP contribution in [0, 0.1) is 5.41 Å². The Morgan fingerprint density at radius 1 is 1.29 bits per heavy atom. The summed E-state index contributed by atoms with van der Waals surface area (Å²) in [6.07, 6.45) is 6.47. The van der Waals surface area contributed by atoms with Gasteiger partial charge in [0, 0.05) is 67.1 Å². The highest BCUT2D eigenvalue weighted by atomic mass is 15.2. The van der Waals surface area contributed by atoms with Gasteiger partial charge in [0.05, 0.1) is 5.71 Å². The van der Waals surface area contributed by atoms with Crippen LogP contribution < -0.4 is 16.4 Å². The van der Waals surface area contributed by atoms with E-state index >= 15 is 0 Å². The summed E-state index contributed by atoms with van der Waals surface area (Å²) in [4.78, 5) is 10.8. The lowest BCUT2D eigenvalue weighted by molar-refractivity contribution is 0.208. The van der Waals surface area contributed by atoms with Crippen LogP contribution in [0.5, 0.6) is 0 Å². The van der Waals surface area contributed by atoms with E-state index in [1.165, 1.54) is 5.56 Å². The van der Waals surface area contributed by atoms with Crippen molar-refractivity contribution in [1.82, 2.24) is 10.2 Å². The number of piperidine rings is 1. The molecular formula is C28H39N7. The van der Waals surface area contributed by atoms with E-state index in [1.807, 2.05) is 19.2 Å². The summed E-state index contributed by atoms with van der Waals surface area (Å²) in [6, 6.07) is 15.0. The smallest absolute Gasteiger partial charge is 0.0736 e. The molecule has 0 aliphatic carbocycles. The second kappa shape index (κ2) is 13.6. The quantitative estimate of drug-likeness (QED) is 0.269. The molecule has 1 fully saturated rings. The number of aliphatic imine (C=N–C) groups is 2. The molecule has 1 unspecified atom stereocenters. The van der Waals surface area contributed by atoms with Crippen molar-refractivity contribution in [3.8, 4) is 0 Å². The molecule has 0 spiro atoms. The van der Waals surface area contributed by atoms with Gasteiger partial charge in [0.2, 0.25) is 0 Å². The van der Waals surface area contributed by atoms with Crippen molar-refractivity contribution in [2.24, 2.45) is 9.98 Å². The van der Waals surface area contributed by atoms with E-state index in [9.17, 15) is 0 Å². The van der Waals surface area contributed by atoms with Crippen LogP contribution in [0.3, 0.4) is 0 Å². The number of allylic oxidation sites excluding steroid dienone is 1. The van der Waals surface area contributed by atoms with Crippen LogP contribution in [-0.2, 0) is 13.1 Å². The molecule has 0 bridgehead atoms. The number of likely N-dealkylation sites (tertiary alicyclic amines) is 1. The number of benzene rings is 2. The number of nitrogen functional groups attached to an aromatic ring is 1. The Balaban J connectivity index is 1.79. The summed E-state index contributed by atoms with van der Waals surface area (Å²) >= 11 is 0. The SMILES string of the molecule is C=N/C=C(\C=NCCC)C(=N)c1cc(CNC)c(NC2CCCN(Cc3ccccc3)C2)cc1N. The lowest BCUT2D eigenvalue weighted by atomic mass is 9.97. The van der Waals surface area contributed by atoms with E-state index in [1.54, 1.807) is 12.4 Å². The maximum Gasteiger partial charge on any atom is 0.0736 e. The first-order chi connectivity index (χ1) is 17.0. The van der Waals surface area contributed by atoms with Crippen molar-refractivity contribution in [2.45, 2.75) is 45.3 Å². The largest absolute Gasteiger partial charge is 0.398 e. The van der Waals surface area contributed by atoms with Gasteiger partial charge < -0.3 is 16.4 Å². The molecule has 1 atom stereocenters. The molecule has 1 saturated heterocycles. The highest BCUT2D eigenvalue weighted by Gasteiger charge is 2.22. The van der Waals surface area contributed by atoms with Crippen molar-refractivity contribution < 1.29 is 0 Å². The Hall–Kier alpha value is -3.29. The van der Waals surface area contributed by atoms with E-state index in [4.69, 9.17) is 11.1 Å². The highest BCUT2D eigenvalue weighted by molar-refractivity contribution is 6.24. The second-order valence-corrected chi connectivity index (χ2v) is 9.01. The van der Waals surface area contributed by atoms with E-state index in [0.29, 0.717) is 41.7 Å². The van der Waals surface area contributed by atoms with Gasteiger partial charge in [-0.05, 0) is 62.8 Å². The number of nitrogens with one attached hydrogen (secondary N) is 3. The lowest BCUT2D eigenvalue weighted by Gasteiger charge is -2.34. The monoisotopic (exact) mass is 473 g/mol. The lowest BCUT2D eigenvalue weighted by Crippen LogP contribution is -2.41. The summed E-state index contributed by atoms with van der Waals surface area (Å²) in [5, 5.41) is 15.8. The van der Waals surface area contributed by atoms with Crippen molar-refractivity contribution in [1.29, 1.82) is 5.41 Å². The van der Waals surface area contributed by atoms with Crippen LogP contribution in [0.15, 0.2) is 64.2 Å². The van der Waals surface area contributed by atoms with Gasteiger partial charge in [-0.2, -0.15) is 0 Å². The molecule has 7 heteroatoms. The average Bonchev–Trinajstić information content (AvgIpc) is 2.86. The van der Waals surface area contributed by atoms with Crippen LogP contribution in [0.2, 0.25) is 0 Å². The Bertz CT molecular complexity index is 1040. The summed E-state index contributed by atoms with van der Waals surface area (Å²) in [6.45, 7) is 10.0. The molecule has 1 heterocycles. The topological polar surface area (TPSA) is 102 Å². The first-order valence-corrected chi connectivity index (χ1v) is 12.4. The standard InChI is InChI=1S/C28H39N7/c1-4-12-33-18-23(17-32-3)28(30)25-14-22(16-31-2)27(15-26(25)29)34-24-11-8-13-35(20-24)19-21-9-6-5-7-10-21/h5-7,9-10,14-15,17-18,24,30-31,34H,3-4,8,11-13,16,19-20,29H2,1-2H3/b23-17+,30-28?,33-18?. The zero-order chi connectivity index (χ0) is 25.0. The third-order valence-corrected chi connectivity index (χ3v) is 6.13. The van der Waals surface area contributed by atoms with Crippen LogP contribution in [0.4, 0.5) is 11.4 Å². The van der Waals surface area contributed by atoms with Gasteiger partial charge in [-0.25, -0.2) is 0 Å². The molecule has 35 heavy (non-hydrogen) atoms. The fourth-order valence-corrected chi connectivity index (χ4v) is 4.44. The molecule has 0 radical (unpaired) electrons. The molecule has 0 saturated carbocycles. The van der Waals surface area contributed by atoms with E-state index in [2.05, 4.69) is 69.5 Å². The van der Waals surface area contributed by atoms with Gasteiger partial charge in [-0.1, -0.05) is 37.3 Å². The number of hydrogen-bond acceptors (Lipinski definition) is 7. The van der Waals surface area contributed by atoms with Crippen LogP contribution in [-0.4, -0.2) is 56.3 Å². The predicted molar refractivity (Wildman–Crippen MR) is 150 cm³/mol. The first kappa shape index (κ1) is 26.3. The Kier molecular flexibility index (Phi) is 10.2. The molecular weight excluding hydrogens is 434 g/mol. The minimum absolute atomic E-state index is 0.297. The van der Waals surface area contributed by atoms with E-state index in [0.717, 1.165) is 50.1 Å². The normalized spacial score (nSPS) is 17.0. The van der Waals surface area contributed by atoms with Gasteiger partial charge in [0.1, 0.15) is 0 Å². The Morgan fingerprint density at radius 2 is 2.09 bits per heavy atom. The maximum absolute atomic E-state index is 8.78. The molecule has 2 aromatic carbocycles. The number of nitrogens with two attached hydrogens (primary N) is 1. The molecule has 0 amide bonds. The summed E-state index contributed by atoms with van der Waals surface area (Å²) < 4.78 is 0. The van der Waals surface area contributed by atoms with Crippen LogP contribution in [0.1, 0.15) is 42.9 Å². The van der Waals surface area contributed by atoms with Crippen LogP contribution in [0.25, 0.3) is 0 Å². The Morgan fingerprint density at radius 3 is 2.80 bits per heavy atom. The van der Waals surface area contributed by atoms with Crippen molar-refractivity contribution >= 4 is 30.0 Å². The van der Waals surface area contributed by atoms with Crippen LogP contribution >= 0.6 is 0 Å². The zero-order valence-electron chi connectivity index (χ0n) is 21.1. The first-order valence-electron chi connectivity index (χ1n) is 12.4. The van der Waals surface area contributed by atoms with Crippen molar-refractivity contribution in [3.05, 3.63) is 70.9 Å². The average molecular weight is 474 g/mol. The summed E-state index contributed by atoms with van der Waals surface area (Å²) in [7, 11) is 1.93. The number of nitrogens with zero attached hydrogens (tertiary/aromatic N) is 3. The Labute approximate surface area is 209 Å². The van der Waals surface area contributed by atoms with Gasteiger partial charge in [-0.3, -0.25) is 20.3 Å². The second-order valence-electron chi connectivity index (χ2n) is 9.01. The van der Waals surface area contributed by atoms with E-state index in [-0.39, 0.29) is 0 Å². The number of hydrogen-bond donors (Lipinski definition) is 4. The predicted octanol–water partition coefficient (Wildman–Crippen LogP) is 4.50. The molecule has 7 nitrogen and oxygen atoms in total. The zero-order valence-corrected chi connectivity index (χ0v) is 21.1. The third kappa shape index (κ3) is 7.60. The van der Waals surface area contributed by atoms with Crippen molar-refractivity contribution in [2.75, 3.05) is 37.7 Å². The molecule has 186 valence electrons. The van der Waals surface area contributed by atoms with E-state index < -0.39 is 0 Å². The van der Waals surface area contributed by atoms with Gasteiger partial charge in [0.25, 0.3) is 0 Å². The third-order valence-electron chi connectivity index (χ3n) is 6.13. The molecule has 5 N–H and O–H groups in total. The highest BCUT2D eigenvalue weighted by Crippen LogP contribution is 2.28. The summed E-state index contributed by atoms with van der Waals surface area (Å²) in [5.74, 6) is 0. The molecule has 1 aliphatic heterocycles. The molecule has 3 rings (SSSR count). The molecule has 2 aromatic rings. The number of anilines is 2. The summed E-state index contributed by atoms with van der Waals surface area (Å²) in [5.41, 5.74) is 12.1. The minimum atomic E-state index is 0.297. The minimum Gasteiger partial charge on any atom is -0.398 e. The van der Waals surface area contributed by atoms with Crippen molar-refractivity contribution in [3.63, 3.8) is 0 Å². The fraction of sp³-hybridized carbons (Fsp3) is 0.393. The van der Waals surface area contributed by atoms with Gasteiger partial charge in [-0.15, -0.1) is 0 Å². The fourth-order valence-electron chi connectivity index (χ4n) is 4.44. The molecule has 1 aliphatic rings. The number of rotatable bonds is 12. The maximum atomic E-state index is 8.78. The molecule has 0 aromatic heterocycles. The van der Waals surface area contributed by atoms with Gasteiger partial charge >= 0.3 is 0 Å². The van der Waals surface area contributed by atoms with Gasteiger partial charge in [0.15, 0.2) is 0 Å².